The molecule has 6 rings (SSSR count). The van der Waals surface area contributed by atoms with Crippen LogP contribution in [0.2, 0.25) is 0 Å². The third-order valence-electron chi connectivity index (χ3n) is 7.67. The third kappa shape index (κ3) is 4.54. The highest BCUT2D eigenvalue weighted by atomic mass is 16.5. The van der Waals surface area contributed by atoms with E-state index in [2.05, 4.69) is 31.5 Å². The maximum atomic E-state index is 6.36. The molecule has 8 heteroatoms. The second-order valence-corrected chi connectivity index (χ2v) is 9.99. The minimum Gasteiger partial charge on any atom is -0.457 e. The van der Waals surface area contributed by atoms with Crippen LogP contribution in [-0.2, 0) is 0 Å². The minimum atomic E-state index is 0.304. The van der Waals surface area contributed by atoms with E-state index in [-0.39, 0.29) is 0 Å². The number of nitrogens with two attached hydrogens (primary N) is 1. The summed E-state index contributed by atoms with van der Waals surface area (Å²) in [5.41, 5.74) is 8.98. The number of aromatic nitrogens is 4. The first-order chi connectivity index (χ1) is 17.7. The molecule has 4 aromatic rings. The topological polar surface area (TPSA) is 85.3 Å². The summed E-state index contributed by atoms with van der Waals surface area (Å²) in [5, 5.41) is 5.90. The summed E-state index contributed by atoms with van der Waals surface area (Å²) >= 11 is 0. The maximum Gasteiger partial charge on any atom is 0.164 e. The summed E-state index contributed by atoms with van der Waals surface area (Å²) in [5.74, 6) is 2.05. The molecule has 0 unspecified atom stereocenters. The van der Waals surface area contributed by atoms with Gasteiger partial charge in [0, 0.05) is 24.7 Å². The highest BCUT2D eigenvalue weighted by molar-refractivity contribution is 5.98. The molecular weight excluding hydrogens is 450 g/mol. The van der Waals surface area contributed by atoms with E-state index in [0.717, 1.165) is 59.7 Å². The monoisotopic (exact) mass is 483 g/mol. The van der Waals surface area contributed by atoms with Gasteiger partial charge in [-0.2, -0.15) is 5.10 Å². The molecule has 0 radical (unpaired) electrons. The van der Waals surface area contributed by atoms with Crippen molar-refractivity contribution in [3.63, 3.8) is 0 Å². The lowest BCUT2D eigenvalue weighted by molar-refractivity contribution is 0.0859. The molecule has 8 nitrogen and oxygen atoms in total. The van der Waals surface area contributed by atoms with Crippen molar-refractivity contribution in [3.8, 4) is 22.8 Å². The first-order valence-electron chi connectivity index (χ1n) is 12.9. The second-order valence-electron chi connectivity index (χ2n) is 9.99. The van der Waals surface area contributed by atoms with Crippen LogP contribution in [0.25, 0.3) is 22.3 Å². The molecule has 2 aliphatic rings. The Labute approximate surface area is 211 Å². The molecule has 186 valence electrons. The van der Waals surface area contributed by atoms with Gasteiger partial charge < -0.3 is 20.3 Å². The number of rotatable bonds is 5. The smallest absolute Gasteiger partial charge is 0.164 e. The molecule has 2 fully saturated rings. The van der Waals surface area contributed by atoms with Gasteiger partial charge in [-0.1, -0.05) is 18.2 Å². The molecule has 2 N–H and O–H groups in total. The van der Waals surface area contributed by atoms with Crippen molar-refractivity contribution in [2.75, 3.05) is 39.0 Å². The number of piperidine rings is 2. The van der Waals surface area contributed by atoms with Crippen molar-refractivity contribution < 1.29 is 4.74 Å². The summed E-state index contributed by atoms with van der Waals surface area (Å²) in [6, 6.07) is 18.8. The normalized spacial score (nSPS) is 18.6. The van der Waals surface area contributed by atoms with Gasteiger partial charge in [-0.25, -0.2) is 14.6 Å². The molecule has 0 spiro atoms. The summed E-state index contributed by atoms with van der Waals surface area (Å²) in [7, 11) is 2.22. The van der Waals surface area contributed by atoms with Crippen molar-refractivity contribution in [3.05, 3.63) is 60.9 Å². The molecule has 2 aliphatic heterocycles. The van der Waals surface area contributed by atoms with E-state index in [9.17, 15) is 0 Å². The van der Waals surface area contributed by atoms with Crippen LogP contribution in [0.1, 0.15) is 31.7 Å². The van der Waals surface area contributed by atoms with Crippen molar-refractivity contribution >= 4 is 16.9 Å². The van der Waals surface area contributed by atoms with E-state index >= 15 is 0 Å². The van der Waals surface area contributed by atoms with E-state index in [0.29, 0.717) is 17.9 Å². The molecule has 0 aliphatic carbocycles. The summed E-state index contributed by atoms with van der Waals surface area (Å²) in [6.45, 7) is 4.59. The average molecular weight is 484 g/mol. The number of likely N-dealkylation sites (tertiary alicyclic amines) is 2. The Morgan fingerprint density at radius 2 is 1.47 bits per heavy atom. The van der Waals surface area contributed by atoms with Gasteiger partial charge in [0.1, 0.15) is 29.3 Å². The maximum absolute atomic E-state index is 6.36. The number of hydrogen-bond acceptors (Lipinski definition) is 7. The van der Waals surface area contributed by atoms with Gasteiger partial charge in [-0.15, -0.1) is 0 Å². The molecule has 36 heavy (non-hydrogen) atoms. The lowest BCUT2D eigenvalue weighted by atomic mass is 9.98. The van der Waals surface area contributed by atoms with E-state index in [4.69, 9.17) is 15.6 Å². The SMILES string of the molecule is CN1CCC(N2CCC(n3nc(-c4ccc(Oc5ccccc5)cc4)c4c(N)ncnc43)CC2)CC1. The number of fused-ring (bicyclic) bond motifs is 1. The average Bonchev–Trinajstić information content (AvgIpc) is 3.31. The van der Waals surface area contributed by atoms with Gasteiger partial charge in [-0.3, -0.25) is 0 Å². The fourth-order valence-electron chi connectivity index (χ4n) is 5.61. The number of para-hydroxylation sites is 1. The lowest BCUT2D eigenvalue weighted by Crippen LogP contribution is -2.47. The molecule has 0 bridgehead atoms. The van der Waals surface area contributed by atoms with Gasteiger partial charge in [-0.05, 0) is 82.2 Å². The predicted molar refractivity (Wildman–Crippen MR) is 142 cm³/mol. The van der Waals surface area contributed by atoms with Gasteiger partial charge >= 0.3 is 0 Å². The van der Waals surface area contributed by atoms with Crippen LogP contribution < -0.4 is 10.5 Å². The van der Waals surface area contributed by atoms with Crippen molar-refractivity contribution in [2.45, 2.75) is 37.8 Å². The van der Waals surface area contributed by atoms with Gasteiger partial charge in [0.05, 0.1) is 11.4 Å². The molecule has 2 aromatic heterocycles. The van der Waals surface area contributed by atoms with Crippen LogP contribution in [0.15, 0.2) is 60.9 Å². The molecule has 2 aromatic carbocycles. The van der Waals surface area contributed by atoms with Crippen LogP contribution in [0.5, 0.6) is 11.5 Å². The molecule has 0 atom stereocenters. The number of benzene rings is 2. The zero-order valence-corrected chi connectivity index (χ0v) is 20.8. The number of hydrogen-bond donors (Lipinski definition) is 1. The molecule has 0 amide bonds. The first kappa shape index (κ1) is 22.9. The Balaban J connectivity index is 1.24. The Kier molecular flexibility index (Phi) is 6.29. The van der Waals surface area contributed by atoms with Gasteiger partial charge in [0.2, 0.25) is 0 Å². The van der Waals surface area contributed by atoms with Crippen molar-refractivity contribution in [1.82, 2.24) is 29.5 Å². The first-order valence-corrected chi connectivity index (χ1v) is 12.9. The van der Waals surface area contributed by atoms with Crippen LogP contribution in [0, 0.1) is 0 Å². The number of anilines is 1. The summed E-state index contributed by atoms with van der Waals surface area (Å²) in [4.78, 5) is 14.0. The predicted octanol–water partition coefficient (Wildman–Crippen LogP) is 4.60. The second kappa shape index (κ2) is 9.87. The van der Waals surface area contributed by atoms with E-state index in [1.54, 1.807) is 6.33 Å². The molecule has 4 heterocycles. The molecule has 2 saturated heterocycles. The van der Waals surface area contributed by atoms with E-state index < -0.39 is 0 Å². The van der Waals surface area contributed by atoms with Crippen LogP contribution >= 0.6 is 0 Å². The van der Waals surface area contributed by atoms with Gasteiger partial charge in [0.15, 0.2) is 5.65 Å². The van der Waals surface area contributed by atoms with Crippen molar-refractivity contribution in [2.24, 2.45) is 0 Å². The Hall–Kier alpha value is -3.49. The Bertz CT molecular complexity index is 1310. The highest BCUT2D eigenvalue weighted by Crippen LogP contribution is 2.35. The van der Waals surface area contributed by atoms with Crippen LogP contribution in [0.4, 0.5) is 5.82 Å². The van der Waals surface area contributed by atoms with Crippen LogP contribution in [-0.4, -0.2) is 68.8 Å². The highest BCUT2D eigenvalue weighted by Gasteiger charge is 2.30. The Morgan fingerprint density at radius 3 is 2.19 bits per heavy atom. The van der Waals surface area contributed by atoms with Gasteiger partial charge in [0.25, 0.3) is 0 Å². The standard InChI is InChI=1S/C28H33N7O/c1-33-15-11-21(12-16-33)34-17-13-22(14-18-34)35-28-25(27(29)30-19-31-28)26(32-35)20-7-9-24(10-8-20)36-23-5-3-2-4-6-23/h2-10,19,21-22H,11-18H2,1H3,(H2,29,30,31). The number of ether oxygens (including phenoxy) is 1. The largest absolute Gasteiger partial charge is 0.457 e. The van der Waals surface area contributed by atoms with E-state index in [1.165, 1.54) is 25.9 Å². The molecular formula is C28H33N7O. The third-order valence-corrected chi connectivity index (χ3v) is 7.67. The van der Waals surface area contributed by atoms with E-state index in [1.807, 2.05) is 54.6 Å². The lowest BCUT2D eigenvalue weighted by Gasteiger charge is -2.41. The fourth-order valence-corrected chi connectivity index (χ4v) is 5.61. The minimum absolute atomic E-state index is 0.304. The van der Waals surface area contributed by atoms with Crippen LogP contribution in [0.3, 0.4) is 0 Å². The fraction of sp³-hybridized carbons (Fsp3) is 0.393. The number of nitrogen functional groups attached to an aromatic ring is 1. The zero-order chi connectivity index (χ0) is 24.5. The number of nitrogens with zero attached hydrogens (tertiary/aromatic N) is 6. The quantitative estimate of drug-likeness (QED) is 0.444. The van der Waals surface area contributed by atoms with Crippen molar-refractivity contribution in [1.29, 1.82) is 0 Å². The zero-order valence-electron chi connectivity index (χ0n) is 20.8. The summed E-state index contributed by atoms with van der Waals surface area (Å²) in [6.07, 6.45) is 6.21. The summed E-state index contributed by atoms with van der Waals surface area (Å²) < 4.78 is 8.06. The molecule has 0 saturated carbocycles. The Morgan fingerprint density at radius 1 is 0.806 bits per heavy atom.